The number of rotatable bonds is 6. The number of carbonyl (C=O) groups excluding carboxylic acids is 1. The first-order valence-electron chi connectivity index (χ1n) is 10.8. The number of amides is 1. The second kappa shape index (κ2) is 9.13. The summed E-state index contributed by atoms with van der Waals surface area (Å²) in [7, 11) is 0. The van der Waals surface area contributed by atoms with Gasteiger partial charge in [0.2, 0.25) is 6.41 Å². The van der Waals surface area contributed by atoms with Gasteiger partial charge in [-0.15, -0.1) is 0 Å². The number of carbonyl (C=O) groups is 1. The summed E-state index contributed by atoms with van der Waals surface area (Å²) < 4.78 is 5.85. The quantitative estimate of drug-likeness (QED) is 0.379. The summed E-state index contributed by atoms with van der Waals surface area (Å²) in [6.07, 6.45) is 0.794. The zero-order valence-corrected chi connectivity index (χ0v) is 20.6. The first kappa shape index (κ1) is 23.8. The number of halogens is 2. The van der Waals surface area contributed by atoms with Crippen LogP contribution in [0.1, 0.15) is 43.0 Å². The molecule has 0 aliphatic carbocycles. The third-order valence-corrected chi connectivity index (χ3v) is 7.06. The molecule has 1 aliphatic heterocycles. The van der Waals surface area contributed by atoms with Gasteiger partial charge in [0.05, 0.1) is 23.8 Å². The number of hydrogen-bond acceptors (Lipinski definition) is 4. The zero-order valence-electron chi connectivity index (χ0n) is 19.0. The highest BCUT2D eigenvalue weighted by Gasteiger charge is 2.57. The number of aliphatic imine (C=N–C) groups is 1. The lowest BCUT2D eigenvalue weighted by atomic mass is 9.71. The monoisotopic (exact) mass is 491 g/mol. The Kier molecular flexibility index (Phi) is 6.40. The van der Waals surface area contributed by atoms with E-state index in [4.69, 9.17) is 32.9 Å². The van der Waals surface area contributed by atoms with Crippen molar-refractivity contribution in [1.29, 1.82) is 5.26 Å². The highest BCUT2D eigenvalue weighted by atomic mass is 35.5. The minimum atomic E-state index is -0.903. The van der Waals surface area contributed by atoms with Gasteiger partial charge in [0.1, 0.15) is 22.7 Å². The molecule has 0 saturated carbocycles. The summed E-state index contributed by atoms with van der Waals surface area (Å²) >= 11 is 12.4. The highest BCUT2D eigenvalue weighted by molar-refractivity contribution is 6.30. The summed E-state index contributed by atoms with van der Waals surface area (Å²) in [6, 6.07) is 22.2. The first-order valence-corrected chi connectivity index (χ1v) is 11.6. The van der Waals surface area contributed by atoms with Crippen molar-refractivity contribution in [3.8, 4) is 11.8 Å². The van der Waals surface area contributed by atoms with Crippen molar-refractivity contribution in [3.05, 3.63) is 99.0 Å². The van der Waals surface area contributed by atoms with Gasteiger partial charge in [-0.1, -0.05) is 47.5 Å². The lowest BCUT2D eigenvalue weighted by molar-refractivity contribution is -0.119. The van der Waals surface area contributed by atoms with Crippen LogP contribution in [0.3, 0.4) is 0 Å². The van der Waals surface area contributed by atoms with E-state index < -0.39 is 11.1 Å². The standard InChI is InChI=1S/C27H23Cl2N3O2/c1-4-34-24-15-18(16-30)5-14-23(24)25-31-26(2,19-6-10-21(28)11-7-19)27(3,32(25)17-33)20-8-12-22(29)13-9-20/h5-15,17H,4H2,1-3H3/t26-,27+/m0/s1. The molecule has 5 nitrogen and oxygen atoms in total. The van der Waals surface area contributed by atoms with Crippen LogP contribution >= 0.6 is 23.2 Å². The number of benzene rings is 3. The molecule has 1 aliphatic rings. The molecule has 0 aromatic heterocycles. The molecule has 7 heteroatoms. The van der Waals surface area contributed by atoms with E-state index >= 15 is 0 Å². The number of nitriles is 1. The predicted octanol–water partition coefficient (Wildman–Crippen LogP) is 6.31. The van der Waals surface area contributed by atoms with Gasteiger partial charge in [-0.05, 0) is 74.4 Å². The van der Waals surface area contributed by atoms with Gasteiger partial charge >= 0.3 is 0 Å². The SMILES string of the molecule is CCOc1cc(C#N)ccc1C1=N[C@@](C)(c2ccc(Cl)cc2)[C@@](C)(c2ccc(Cl)cc2)N1C=O. The molecule has 1 amide bonds. The lowest BCUT2D eigenvalue weighted by Gasteiger charge is -2.44. The van der Waals surface area contributed by atoms with Crippen LogP contribution in [0.4, 0.5) is 0 Å². The van der Waals surface area contributed by atoms with E-state index in [1.807, 2.05) is 57.2 Å². The Labute approximate surface area is 209 Å². The maximum atomic E-state index is 12.7. The van der Waals surface area contributed by atoms with Gasteiger partial charge < -0.3 is 4.74 Å². The normalized spacial score (nSPS) is 21.6. The van der Waals surface area contributed by atoms with E-state index in [1.54, 1.807) is 35.2 Å². The minimum Gasteiger partial charge on any atom is -0.493 e. The molecule has 4 rings (SSSR count). The van der Waals surface area contributed by atoms with Crippen LogP contribution in [-0.2, 0) is 15.9 Å². The summed E-state index contributed by atoms with van der Waals surface area (Å²) in [6.45, 7) is 6.25. The molecule has 0 unspecified atom stereocenters. The van der Waals surface area contributed by atoms with Gasteiger partial charge in [0.25, 0.3) is 0 Å². The number of ether oxygens (including phenoxy) is 1. The Morgan fingerprint density at radius 3 is 2.12 bits per heavy atom. The fourth-order valence-electron chi connectivity index (χ4n) is 4.53. The summed E-state index contributed by atoms with van der Waals surface area (Å²) in [5.41, 5.74) is 1.07. The molecule has 3 aromatic rings. The van der Waals surface area contributed by atoms with Crippen LogP contribution in [0.5, 0.6) is 5.75 Å². The van der Waals surface area contributed by atoms with Gasteiger partial charge in [-0.25, -0.2) is 0 Å². The van der Waals surface area contributed by atoms with E-state index in [0.717, 1.165) is 17.5 Å². The van der Waals surface area contributed by atoms with Crippen molar-refractivity contribution in [2.45, 2.75) is 31.8 Å². The molecule has 0 saturated heterocycles. The van der Waals surface area contributed by atoms with Crippen LogP contribution in [0.25, 0.3) is 0 Å². The number of nitrogens with zero attached hydrogens (tertiary/aromatic N) is 3. The van der Waals surface area contributed by atoms with Crippen molar-refractivity contribution in [2.24, 2.45) is 4.99 Å². The van der Waals surface area contributed by atoms with E-state index in [0.29, 0.717) is 39.4 Å². The fourth-order valence-corrected chi connectivity index (χ4v) is 4.78. The van der Waals surface area contributed by atoms with Gasteiger partial charge in [-0.3, -0.25) is 14.7 Å². The summed E-state index contributed by atoms with van der Waals surface area (Å²) in [4.78, 5) is 19.5. The third kappa shape index (κ3) is 3.73. The number of hydrogen-bond donors (Lipinski definition) is 0. The lowest BCUT2D eigenvalue weighted by Crippen LogP contribution is -2.52. The van der Waals surface area contributed by atoms with Crippen molar-refractivity contribution in [1.82, 2.24) is 4.90 Å². The second-order valence-corrected chi connectivity index (χ2v) is 9.20. The molecular formula is C27H23Cl2N3O2. The molecular weight excluding hydrogens is 469 g/mol. The molecule has 0 fully saturated rings. The van der Waals surface area contributed by atoms with Crippen LogP contribution < -0.4 is 4.74 Å². The van der Waals surface area contributed by atoms with Crippen molar-refractivity contribution in [3.63, 3.8) is 0 Å². The molecule has 2 atom stereocenters. The maximum Gasteiger partial charge on any atom is 0.216 e. The van der Waals surface area contributed by atoms with E-state index in [9.17, 15) is 10.1 Å². The van der Waals surface area contributed by atoms with Crippen LogP contribution in [0.15, 0.2) is 71.7 Å². The highest BCUT2D eigenvalue weighted by Crippen LogP contribution is 2.53. The van der Waals surface area contributed by atoms with Gasteiger partial charge in [-0.2, -0.15) is 5.26 Å². The van der Waals surface area contributed by atoms with E-state index in [1.165, 1.54) is 0 Å². The predicted molar refractivity (Wildman–Crippen MR) is 134 cm³/mol. The Morgan fingerprint density at radius 2 is 1.59 bits per heavy atom. The molecule has 34 heavy (non-hydrogen) atoms. The molecule has 1 heterocycles. The largest absolute Gasteiger partial charge is 0.493 e. The number of amidine groups is 1. The van der Waals surface area contributed by atoms with Crippen LogP contribution in [0.2, 0.25) is 10.0 Å². The fraction of sp³-hybridized carbons (Fsp3) is 0.222. The molecule has 3 aromatic carbocycles. The first-order chi connectivity index (χ1) is 16.3. The smallest absolute Gasteiger partial charge is 0.216 e. The topological polar surface area (TPSA) is 65.7 Å². The third-order valence-electron chi connectivity index (χ3n) is 6.56. The second-order valence-electron chi connectivity index (χ2n) is 8.32. The van der Waals surface area contributed by atoms with Crippen LogP contribution in [-0.4, -0.2) is 23.8 Å². The van der Waals surface area contributed by atoms with Crippen molar-refractivity contribution < 1.29 is 9.53 Å². The Morgan fingerprint density at radius 1 is 1.00 bits per heavy atom. The Hall–Kier alpha value is -3.33. The van der Waals surface area contributed by atoms with Crippen LogP contribution in [0, 0.1) is 11.3 Å². The van der Waals surface area contributed by atoms with E-state index in [2.05, 4.69) is 6.07 Å². The minimum absolute atomic E-state index is 0.402. The zero-order chi connectivity index (χ0) is 24.5. The Balaban J connectivity index is 2.01. The summed E-state index contributed by atoms with van der Waals surface area (Å²) in [5, 5.41) is 10.6. The molecule has 0 bridgehead atoms. The average molecular weight is 492 g/mol. The molecule has 0 N–H and O–H groups in total. The van der Waals surface area contributed by atoms with Crippen molar-refractivity contribution in [2.75, 3.05) is 6.61 Å². The average Bonchev–Trinajstić information content (AvgIpc) is 3.08. The van der Waals surface area contributed by atoms with Gasteiger partial charge in [0, 0.05) is 10.0 Å². The van der Waals surface area contributed by atoms with Gasteiger partial charge in [0.15, 0.2) is 0 Å². The molecule has 0 spiro atoms. The van der Waals surface area contributed by atoms with E-state index in [-0.39, 0.29) is 0 Å². The Bertz CT molecular complexity index is 1300. The van der Waals surface area contributed by atoms with Crippen molar-refractivity contribution >= 4 is 35.4 Å². The maximum absolute atomic E-state index is 12.7. The molecule has 0 radical (unpaired) electrons. The molecule has 172 valence electrons. The summed E-state index contributed by atoms with van der Waals surface area (Å²) in [5.74, 6) is 0.948.